The molecule has 0 bridgehead atoms. The third-order valence-electron chi connectivity index (χ3n) is 1.98. The van der Waals surface area contributed by atoms with Crippen LogP contribution in [0.3, 0.4) is 0 Å². The first-order valence-electron chi connectivity index (χ1n) is 3.98. The van der Waals surface area contributed by atoms with Gasteiger partial charge in [0.15, 0.2) is 0 Å². The molecule has 1 atom stereocenters. The van der Waals surface area contributed by atoms with Gasteiger partial charge in [-0.3, -0.25) is 0 Å². The Hall–Kier alpha value is -0.120. The Kier molecular flexibility index (Phi) is 2.87. The Bertz CT molecular complexity index is 125. The molecule has 1 unspecified atom stereocenters. The average Bonchev–Trinajstić information content (AvgIpc) is 1.86. The summed E-state index contributed by atoms with van der Waals surface area (Å²) < 4.78 is 10.7. The summed E-state index contributed by atoms with van der Waals surface area (Å²) >= 11 is 0. The van der Waals surface area contributed by atoms with Gasteiger partial charge < -0.3 is 14.4 Å². The predicted molar refractivity (Wildman–Crippen MR) is 43.7 cm³/mol. The molecule has 0 aromatic carbocycles. The third kappa shape index (κ3) is 2.43. The molecule has 0 spiro atoms. The first kappa shape index (κ1) is 8.97. The summed E-state index contributed by atoms with van der Waals surface area (Å²) in [6.07, 6.45) is 0. The van der Waals surface area contributed by atoms with Gasteiger partial charge in [0, 0.05) is 20.2 Å². The molecule has 0 amide bonds. The van der Waals surface area contributed by atoms with Crippen molar-refractivity contribution in [2.75, 3.05) is 40.5 Å². The quantitative estimate of drug-likeness (QED) is 0.580. The molecule has 11 heavy (non-hydrogen) atoms. The molecule has 0 N–H and O–H groups in total. The zero-order chi connectivity index (χ0) is 8.32. The van der Waals surface area contributed by atoms with E-state index < -0.39 is 0 Å². The van der Waals surface area contributed by atoms with Crippen molar-refractivity contribution < 1.29 is 9.47 Å². The van der Waals surface area contributed by atoms with Gasteiger partial charge in [-0.05, 0) is 14.0 Å². The Balaban J connectivity index is 2.41. The van der Waals surface area contributed by atoms with Crippen LogP contribution < -0.4 is 0 Å². The number of methoxy groups -OCH3 is 1. The van der Waals surface area contributed by atoms with Gasteiger partial charge in [-0.2, -0.15) is 0 Å². The van der Waals surface area contributed by atoms with Crippen LogP contribution in [0.25, 0.3) is 0 Å². The van der Waals surface area contributed by atoms with Crippen molar-refractivity contribution in [3.63, 3.8) is 0 Å². The molecule has 3 nitrogen and oxygen atoms in total. The topological polar surface area (TPSA) is 21.7 Å². The predicted octanol–water partition coefficient (Wildman–Crippen LogP) is 0.354. The second kappa shape index (κ2) is 3.52. The summed E-state index contributed by atoms with van der Waals surface area (Å²) in [5.74, 6) is 0. The van der Waals surface area contributed by atoms with Crippen LogP contribution >= 0.6 is 0 Å². The molecule has 0 radical (unpaired) electrons. The second-order valence-electron chi connectivity index (χ2n) is 3.47. The van der Waals surface area contributed by atoms with E-state index in [1.165, 1.54) is 0 Å². The molecule has 66 valence electrons. The Morgan fingerprint density at radius 3 is 2.91 bits per heavy atom. The maximum atomic E-state index is 5.61. The zero-order valence-electron chi connectivity index (χ0n) is 7.59. The van der Waals surface area contributed by atoms with Crippen molar-refractivity contribution in [3.05, 3.63) is 0 Å². The van der Waals surface area contributed by atoms with Crippen molar-refractivity contribution in [1.82, 2.24) is 4.90 Å². The third-order valence-corrected chi connectivity index (χ3v) is 1.98. The lowest BCUT2D eigenvalue weighted by Gasteiger charge is -2.38. The highest BCUT2D eigenvalue weighted by Gasteiger charge is 2.30. The van der Waals surface area contributed by atoms with Crippen LogP contribution in [0.2, 0.25) is 0 Å². The first-order chi connectivity index (χ1) is 5.16. The summed E-state index contributed by atoms with van der Waals surface area (Å²) in [5, 5.41) is 0. The van der Waals surface area contributed by atoms with Gasteiger partial charge in [0.1, 0.15) is 5.60 Å². The fourth-order valence-corrected chi connectivity index (χ4v) is 1.54. The van der Waals surface area contributed by atoms with E-state index in [0.29, 0.717) is 6.61 Å². The molecule has 0 aromatic heterocycles. The highest BCUT2D eigenvalue weighted by molar-refractivity contribution is 4.81. The second-order valence-corrected chi connectivity index (χ2v) is 3.47. The van der Waals surface area contributed by atoms with E-state index in [4.69, 9.17) is 9.47 Å². The van der Waals surface area contributed by atoms with E-state index in [9.17, 15) is 0 Å². The Labute approximate surface area is 68.3 Å². The van der Waals surface area contributed by atoms with Gasteiger partial charge in [0.05, 0.1) is 13.2 Å². The molecule has 0 saturated carbocycles. The molecule has 0 aromatic rings. The molecule has 1 fully saturated rings. The van der Waals surface area contributed by atoms with Crippen LogP contribution in [-0.4, -0.2) is 51.0 Å². The van der Waals surface area contributed by atoms with Crippen LogP contribution in [-0.2, 0) is 9.47 Å². The summed E-state index contributed by atoms with van der Waals surface area (Å²) in [4.78, 5) is 2.27. The van der Waals surface area contributed by atoms with Crippen LogP contribution in [0.5, 0.6) is 0 Å². The van der Waals surface area contributed by atoms with Gasteiger partial charge in [0.25, 0.3) is 0 Å². The highest BCUT2D eigenvalue weighted by atomic mass is 16.5. The standard InChI is InChI=1S/C8H17NO2/c1-8(7-10-3)6-9(2)4-5-11-8/h4-7H2,1-3H3. The zero-order valence-corrected chi connectivity index (χ0v) is 7.59. The van der Waals surface area contributed by atoms with Crippen molar-refractivity contribution in [1.29, 1.82) is 0 Å². The molecule has 1 heterocycles. The molecule has 1 saturated heterocycles. The van der Waals surface area contributed by atoms with E-state index >= 15 is 0 Å². The van der Waals surface area contributed by atoms with Gasteiger partial charge in [-0.15, -0.1) is 0 Å². The molecule has 0 aliphatic carbocycles. The van der Waals surface area contributed by atoms with E-state index in [0.717, 1.165) is 19.7 Å². The molecular weight excluding hydrogens is 142 g/mol. The van der Waals surface area contributed by atoms with Crippen LogP contribution in [0, 0.1) is 0 Å². The fourth-order valence-electron chi connectivity index (χ4n) is 1.54. The number of hydrogen-bond donors (Lipinski definition) is 0. The lowest BCUT2D eigenvalue weighted by molar-refractivity contribution is -0.123. The Morgan fingerprint density at radius 1 is 1.64 bits per heavy atom. The normalized spacial score (nSPS) is 34.1. The van der Waals surface area contributed by atoms with Crippen molar-refractivity contribution in [2.45, 2.75) is 12.5 Å². The number of nitrogens with zero attached hydrogens (tertiary/aromatic N) is 1. The number of rotatable bonds is 2. The SMILES string of the molecule is COCC1(C)CN(C)CCO1. The monoisotopic (exact) mass is 159 g/mol. The lowest BCUT2D eigenvalue weighted by atomic mass is 10.1. The van der Waals surface area contributed by atoms with Gasteiger partial charge in [-0.1, -0.05) is 0 Å². The molecule has 1 rings (SSSR count). The van der Waals surface area contributed by atoms with Crippen molar-refractivity contribution >= 4 is 0 Å². The smallest absolute Gasteiger partial charge is 0.101 e. The number of hydrogen-bond acceptors (Lipinski definition) is 3. The van der Waals surface area contributed by atoms with Crippen LogP contribution in [0.1, 0.15) is 6.92 Å². The minimum atomic E-state index is -0.0955. The summed E-state index contributed by atoms with van der Waals surface area (Å²) in [5.41, 5.74) is -0.0955. The fraction of sp³-hybridized carbons (Fsp3) is 1.00. The highest BCUT2D eigenvalue weighted by Crippen LogP contribution is 2.16. The molecular formula is C8H17NO2. The maximum absolute atomic E-state index is 5.61. The Morgan fingerprint density at radius 2 is 2.36 bits per heavy atom. The van der Waals surface area contributed by atoms with Crippen LogP contribution in [0.4, 0.5) is 0 Å². The molecule has 1 aliphatic heterocycles. The van der Waals surface area contributed by atoms with Crippen molar-refractivity contribution in [2.24, 2.45) is 0 Å². The molecule has 1 aliphatic rings. The minimum Gasteiger partial charge on any atom is -0.382 e. The van der Waals surface area contributed by atoms with Gasteiger partial charge in [-0.25, -0.2) is 0 Å². The van der Waals surface area contributed by atoms with Gasteiger partial charge >= 0.3 is 0 Å². The minimum absolute atomic E-state index is 0.0955. The van der Waals surface area contributed by atoms with Gasteiger partial charge in [0.2, 0.25) is 0 Å². The lowest BCUT2D eigenvalue weighted by Crippen LogP contribution is -2.50. The van der Waals surface area contributed by atoms with Crippen molar-refractivity contribution in [3.8, 4) is 0 Å². The van der Waals surface area contributed by atoms with E-state index in [1.54, 1.807) is 7.11 Å². The molecule has 3 heteroatoms. The van der Waals surface area contributed by atoms with E-state index in [1.807, 2.05) is 0 Å². The summed E-state index contributed by atoms with van der Waals surface area (Å²) in [6.45, 7) is 5.57. The summed E-state index contributed by atoms with van der Waals surface area (Å²) in [6, 6.07) is 0. The van der Waals surface area contributed by atoms with Crippen LogP contribution in [0.15, 0.2) is 0 Å². The largest absolute Gasteiger partial charge is 0.382 e. The number of morpholine rings is 1. The number of likely N-dealkylation sites (N-methyl/N-ethyl adjacent to an activating group) is 1. The van der Waals surface area contributed by atoms with E-state index in [-0.39, 0.29) is 5.60 Å². The van der Waals surface area contributed by atoms with E-state index in [2.05, 4.69) is 18.9 Å². The average molecular weight is 159 g/mol. The number of ether oxygens (including phenoxy) is 2. The maximum Gasteiger partial charge on any atom is 0.101 e. The summed E-state index contributed by atoms with van der Waals surface area (Å²) in [7, 11) is 3.82. The first-order valence-corrected chi connectivity index (χ1v) is 3.98.